The van der Waals surface area contributed by atoms with Gasteiger partial charge in [0.25, 0.3) is 0 Å². The van der Waals surface area contributed by atoms with Crippen molar-refractivity contribution in [1.82, 2.24) is 9.97 Å². The molecule has 0 aliphatic rings. The lowest BCUT2D eigenvalue weighted by Gasteiger charge is -2.20. The van der Waals surface area contributed by atoms with E-state index in [1.807, 2.05) is 30.3 Å². The summed E-state index contributed by atoms with van der Waals surface area (Å²) in [4.78, 5) is 20.5. The van der Waals surface area contributed by atoms with Gasteiger partial charge in [0.1, 0.15) is 0 Å². The second-order valence-corrected chi connectivity index (χ2v) is 5.40. The van der Waals surface area contributed by atoms with Crippen LogP contribution in [0.2, 0.25) is 0 Å². The standard InChI is InChI=1S/C15H16ClN3O/c1-15(2,10-16)14(20)19-12-8-17-13(18-9-12)11-6-4-3-5-7-11/h3-9H,10H2,1-2H3,(H,19,20). The summed E-state index contributed by atoms with van der Waals surface area (Å²) in [5.41, 5.74) is 0.874. The SMILES string of the molecule is CC(C)(CCl)C(=O)Nc1cnc(-c2ccccc2)nc1. The van der Waals surface area contributed by atoms with E-state index in [4.69, 9.17) is 11.6 Å². The van der Waals surface area contributed by atoms with Gasteiger partial charge < -0.3 is 5.32 Å². The van der Waals surface area contributed by atoms with E-state index in [0.29, 0.717) is 11.5 Å². The van der Waals surface area contributed by atoms with E-state index in [9.17, 15) is 4.79 Å². The van der Waals surface area contributed by atoms with Crippen LogP contribution in [-0.2, 0) is 4.79 Å². The van der Waals surface area contributed by atoms with Crippen molar-refractivity contribution < 1.29 is 4.79 Å². The Kier molecular flexibility index (Phi) is 4.35. The molecule has 0 saturated heterocycles. The monoisotopic (exact) mass is 289 g/mol. The smallest absolute Gasteiger partial charge is 0.231 e. The molecule has 1 aromatic heterocycles. The van der Waals surface area contributed by atoms with Crippen molar-refractivity contribution in [1.29, 1.82) is 0 Å². The Balaban J connectivity index is 2.12. The maximum Gasteiger partial charge on any atom is 0.231 e. The Morgan fingerprint density at radius 1 is 1.20 bits per heavy atom. The molecule has 0 unspecified atom stereocenters. The van der Waals surface area contributed by atoms with E-state index in [1.165, 1.54) is 0 Å². The van der Waals surface area contributed by atoms with Crippen LogP contribution in [0.25, 0.3) is 11.4 Å². The van der Waals surface area contributed by atoms with Gasteiger partial charge in [0.15, 0.2) is 5.82 Å². The van der Waals surface area contributed by atoms with Gasteiger partial charge >= 0.3 is 0 Å². The number of halogens is 1. The lowest BCUT2D eigenvalue weighted by Crippen LogP contribution is -2.32. The molecular weight excluding hydrogens is 274 g/mol. The van der Waals surface area contributed by atoms with Crippen LogP contribution in [0.1, 0.15) is 13.8 Å². The normalized spacial score (nSPS) is 11.2. The molecule has 0 saturated carbocycles. The van der Waals surface area contributed by atoms with Gasteiger partial charge in [0, 0.05) is 11.4 Å². The summed E-state index contributed by atoms with van der Waals surface area (Å²) in [7, 11) is 0. The summed E-state index contributed by atoms with van der Waals surface area (Å²) < 4.78 is 0. The van der Waals surface area contributed by atoms with Crippen LogP contribution in [0.4, 0.5) is 5.69 Å². The first kappa shape index (κ1) is 14.5. The molecule has 1 aromatic carbocycles. The highest BCUT2D eigenvalue weighted by molar-refractivity contribution is 6.20. The number of nitrogens with one attached hydrogen (secondary N) is 1. The minimum atomic E-state index is -0.625. The highest BCUT2D eigenvalue weighted by Crippen LogP contribution is 2.20. The van der Waals surface area contributed by atoms with Crippen molar-refractivity contribution in [2.45, 2.75) is 13.8 Å². The molecule has 2 aromatic rings. The summed E-state index contributed by atoms with van der Waals surface area (Å²) in [5, 5.41) is 2.76. The zero-order valence-electron chi connectivity index (χ0n) is 11.4. The quantitative estimate of drug-likeness (QED) is 0.878. The molecule has 4 nitrogen and oxygen atoms in total. The molecule has 1 amide bonds. The summed E-state index contributed by atoms with van der Waals surface area (Å²) in [5.74, 6) is 0.727. The van der Waals surface area contributed by atoms with Gasteiger partial charge in [-0.25, -0.2) is 9.97 Å². The van der Waals surface area contributed by atoms with Crippen molar-refractivity contribution in [3.8, 4) is 11.4 Å². The van der Waals surface area contributed by atoms with Crippen molar-refractivity contribution in [2.75, 3.05) is 11.2 Å². The number of carbonyl (C=O) groups excluding carboxylic acids is 1. The molecule has 2 rings (SSSR count). The van der Waals surface area contributed by atoms with E-state index in [2.05, 4.69) is 15.3 Å². The van der Waals surface area contributed by atoms with E-state index < -0.39 is 5.41 Å². The number of amides is 1. The van der Waals surface area contributed by atoms with E-state index in [0.717, 1.165) is 5.56 Å². The number of anilines is 1. The van der Waals surface area contributed by atoms with Gasteiger partial charge in [-0.15, -0.1) is 11.6 Å². The van der Waals surface area contributed by atoms with Gasteiger partial charge in [-0.2, -0.15) is 0 Å². The largest absolute Gasteiger partial charge is 0.323 e. The summed E-state index contributed by atoms with van der Waals surface area (Å²) in [6.45, 7) is 3.57. The fourth-order valence-electron chi connectivity index (χ4n) is 1.49. The predicted octanol–water partition coefficient (Wildman–Crippen LogP) is 3.35. The second kappa shape index (κ2) is 6.01. The minimum absolute atomic E-state index is 0.149. The summed E-state index contributed by atoms with van der Waals surface area (Å²) in [6, 6.07) is 9.66. The highest BCUT2D eigenvalue weighted by atomic mass is 35.5. The van der Waals surface area contributed by atoms with Crippen LogP contribution in [0.3, 0.4) is 0 Å². The van der Waals surface area contributed by atoms with Crippen LogP contribution in [0.15, 0.2) is 42.7 Å². The molecule has 1 heterocycles. The molecule has 20 heavy (non-hydrogen) atoms. The Bertz CT molecular complexity index is 582. The zero-order chi connectivity index (χ0) is 14.6. The average Bonchev–Trinajstić information content (AvgIpc) is 2.49. The number of carbonyl (C=O) groups is 1. The first-order valence-corrected chi connectivity index (χ1v) is 6.81. The molecule has 1 N–H and O–H groups in total. The van der Waals surface area contributed by atoms with Crippen molar-refractivity contribution in [2.24, 2.45) is 5.41 Å². The number of rotatable bonds is 4. The van der Waals surface area contributed by atoms with Crippen LogP contribution in [0.5, 0.6) is 0 Å². The van der Waals surface area contributed by atoms with E-state index >= 15 is 0 Å². The lowest BCUT2D eigenvalue weighted by atomic mass is 9.95. The highest BCUT2D eigenvalue weighted by Gasteiger charge is 2.26. The third-order valence-corrected chi connectivity index (χ3v) is 3.56. The number of hydrogen-bond acceptors (Lipinski definition) is 3. The van der Waals surface area contributed by atoms with Crippen LogP contribution in [-0.4, -0.2) is 21.8 Å². The predicted molar refractivity (Wildman–Crippen MR) is 80.6 cm³/mol. The molecule has 0 aliphatic heterocycles. The van der Waals surface area contributed by atoms with Crippen molar-refractivity contribution >= 4 is 23.2 Å². The lowest BCUT2D eigenvalue weighted by molar-refractivity contribution is -0.122. The van der Waals surface area contributed by atoms with Crippen molar-refractivity contribution in [3.05, 3.63) is 42.7 Å². The Labute approximate surface area is 123 Å². The van der Waals surface area contributed by atoms with Gasteiger partial charge in [-0.05, 0) is 13.8 Å². The molecule has 0 bridgehead atoms. The van der Waals surface area contributed by atoms with Gasteiger partial charge in [-0.3, -0.25) is 4.79 Å². The molecule has 0 fully saturated rings. The van der Waals surface area contributed by atoms with Crippen LogP contribution < -0.4 is 5.32 Å². The minimum Gasteiger partial charge on any atom is -0.323 e. The number of nitrogens with zero attached hydrogens (tertiary/aromatic N) is 2. The number of alkyl halides is 1. The molecule has 0 aliphatic carbocycles. The van der Waals surface area contributed by atoms with Crippen molar-refractivity contribution in [3.63, 3.8) is 0 Å². The fraction of sp³-hybridized carbons (Fsp3) is 0.267. The Morgan fingerprint density at radius 2 is 1.80 bits per heavy atom. The third kappa shape index (κ3) is 3.33. The number of hydrogen-bond donors (Lipinski definition) is 1. The summed E-state index contributed by atoms with van der Waals surface area (Å²) in [6.07, 6.45) is 3.19. The molecular formula is C15H16ClN3O. The second-order valence-electron chi connectivity index (χ2n) is 5.13. The van der Waals surface area contributed by atoms with E-state index in [-0.39, 0.29) is 11.8 Å². The molecule has 0 spiro atoms. The number of aromatic nitrogens is 2. The Hall–Kier alpha value is -1.94. The first-order valence-electron chi connectivity index (χ1n) is 6.28. The molecule has 104 valence electrons. The maximum absolute atomic E-state index is 12.0. The van der Waals surface area contributed by atoms with Gasteiger partial charge in [0.05, 0.1) is 23.5 Å². The number of benzene rings is 1. The Morgan fingerprint density at radius 3 is 2.35 bits per heavy atom. The summed E-state index contributed by atoms with van der Waals surface area (Å²) >= 11 is 5.77. The fourth-order valence-corrected chi connectivity index (χ4v) is 1.61. The molecule has 0 atom stereocenters. The van der Waals surface area contributed by atoms with Gasteiger partial charge in [0.2, 0.25) is 5.91 Å². The van der Waals surface area contributed by atoms with Crippen LogP contribution >= 0.6 is 11.6 Å². The topological polar surface area (TPSA) is 54.9 Å². The first-order chi connectivity index (χ1) is 9.53. The van der Waals surface area contributed by atoms with E-state index in [1.54, 1.807) is 26.2 Å². The van der Waals surface area contributed by atoms with Gasteiger partial charge in [-0.1, -0.05) is 30.3 Å². The molecule has 5 heteroatoms. The molecule has 0 radical (unpaired) electrons. The zero-order valence-corrected chi connectivity index (χ0v) is 12.2. The maximum atomic E-state index is 12.0. The van der Waals surface area contributed by atoms with Crippen LogP contribution in [0, 0.1) is 5.41 Å². The third-order valence-electron chi connectivity index (χ3n) is 2.89. The average molecular weight is 290 g/mol.